The monoisotopic (exact) mass is 437 g/mol. The van der Waals surface area contributed by atoms with Crippen LogP contribution in [0.25, 0.3) is 0 Å². The first-order chi connectivity index (χ1) is 15.8. The van der Waals surface area contributed by atoms with Crippen molar-refractivity contribution in [1.82, 2.24) is 25.0 Å². The summed E-state index contributed by atoms with van der Waals surface area (Å²) in [6.45, 7) is 7.66. The largest absolute Gasteiger partial charge is 0.495 e. The summed E-state index contributed by atoms with van der Waals surface area (Å²) >= 11 is 0. The van der Waals surface area contributed by atoms with Crippen LogP contribution in [-0.2, 0) is 19.5 Å². The molecule has 1 N–H and O–H groups in total. The third-order valence-corrected chi connectivity index (χ3v) is 5.62. The molecule has 4 rings (SSSR count). The third kappa shape index (κ3) is 5.22. The van der Waals surface area contributed by atoms with Crippen molar-refractivity contribution in [2.45, 2.75) is 26.4 Å². The molecule has 1 aromatic carbocycles. The minimum Gasteiger partial charge on any atom is -0.495 e. The van der Waals surface area contributed by atoms with Crippen LogP contribution in [0.3, 0.4) is 0 Å². The Morgan fingerprint density at radius 3 is 2.75 bits per heavy atom. The predicted molar refractivity (Wildman–Crippen MR) is 124 cm³/mol. The van der Waals surface area contributed by atoms with Crippen molar-refractivity contribution in [3.63, 3.8) is 0 Å². The highest BCUT2D eigenvalue weighted by Crippen LogP contribution is 2.28. The molecule has 0 amide bonds. The number of benzene rings is 1. The van der Waals surface area contributed by atoms with Crippen LogP contribution < -0.4 is 15.0 Å². The van der Waals surface area contributed by atoms with Crippen LogP contribution in [0.4, 0.5) is 5.69 Å². The topological polar surface area (TPSA) is 84.0 Å². The highest BCUT2D eigenvalue weighted by molar-refractivity contribution is 5.80. The van der Waals surface area contributed by atoms with Crippen molar-refractivity contribution < 1.29 is 9.15 Å². The van der Waals surface area contributed by atoms with Crippen LogP contribution in [-0.4, -0.2) is 65.5 Å². The first kappa shape index (κ1) is 21.7. The molecule has 2 aromatic heterocycles. The molecule has 0 saturated carbocycles. The maximum Gasteiger partial charge on any atom is 0.194 e. The third-order valence-electron chi connectivity index (χ3n) is 5.62. The number of furan rings is 1. The summed E-state index contributed by atoms with van der Waals surface area (Å²) in [7, 11) is 1.72. The molecule has 1 fully saturated rings. The molecule has 1 aliphatic heterocycles. The van der Waals surface area contributed by atoms with Gasteiger partial charge in [0.2, 0.25) is 0 Å². The molecule has 170 valence electrons. The van der Waals surface area contributed by atoms with Crippen molar-refractivity contribution in [2.75, 3.05) is 44.7 Å². The lowest BCUT2D eigenvalue weighted by atomic mass is 10.2. The van der Waals surface area contributed by atoms with Crippen LogP contribution in [0.2, 0.25) is 0 Å². The van der Waals surface area contributed by atoms with E-state index >= 15 is 0 Å². The maximum atomic E-state index is 5.55. The standard InChI is InChI=1S/C23H31N7O2/c1-3-22-27-26-18-30(22)11-10-24-23(25-17-19-7-6-16-32-19)29-14-12-28(13-15-29)20-8-4-5-9-21(20)31-2/h4-9,16,18H,3,10-15,17H2,1-2H3,(H,24,25). The number of para-hydroxylation sites is 2. The Morgan fingerprint density at radius 2 is 2.00 bits per heavy atom. The molecule has 0 atom stereocenters. The number of aliphatic imine (C=N–C) groups is 1. The second kappa shape index (κ2) is 10.7. The molecule has 9 heteroatoms. The summed E-state index contributed by atoms with van der Waals surface area (Å²) in [6.07, 6.45) is 4.33. The molecule has 1 aliphatic rings. The summed E-state index contributed by atoms with van der Waals surface area (Å²) < 4.78 is 13.1. The Morgan fingerprint density at radius 1 is 1.16 bits per heavy atom. The van der Waals surface area contributed by atoms with Gasteiger partial charge in [-0.15, -0.1) is 10.2 Å². The lowest BCUT2D eigenvalue weighted by Crippen LogP contribution is -2.53. The Bertz CT molecular complexity index is 991. The fraction of sp³-hybridized carbons (Fsp3) is 0.435. The van der Waals surface area contributed by atoms with E-state index in [4.69, 9.17) is 14.1 Å². The van der Waals surface area contributed by atoms with Gasteiger partial charge < -0.3 is 28.8 Å². The van der Waals surface area contributed by atoms with Crippen molar-refractivity contribution in [1.29, 1.82) is 0 Å². The van der Waals surface area contributed by atoms with Gasteiger partial charge in [-0.1, -0.05) is 19.1 Å². The number of rotatable bonds is 8. The number of aromatic nitrogens is 3. The van der Waals surface area contributed by atoms with Gasteiger partial charge in [0.25, 0.3) is 0 Å². The number of nitrogens with zero attached hydrogens (tertiary/aromatic N) is 6. The van der Waals surface area contributed by atoms with E-state index < -0.39 is 0 Å². The Kier molecular flexibility index (Phi) is 7.27. The van der Waals surface area contributed by atoms with Crippen molar-refractivity contribution in [3.05, 3.63) is 60.6 Å². The predicted octanol–water partition coefficient (Wildman–Crippen LogP) is 2.41. The molecule has 0 aliphatic carbocycles. The second-order valence-electron chi connectivity index (χ2n) is 7.59. The van der Waals surface area contributed by atoms with Gasteiger partial charge in [-0.25, -0.2) is 4.99 Å². The average Bonchev–Trinajstić information content (AvgIpc) is 3.53. The SMILES string of the molecule is CCc1nncn1CCNC(=NCc1ccco1)N1CCN(c2ccccc2OC)CC1. The fourth-order valence-electron chi connectivity index (χ4n) is 3.90. The van der Waals surface area contributed by atoms with E-state index in [1.807, 2.05) is 24.3 Å². The number of methoxy groups -OCH3 is 1. The zero-order valence-corrected chi connectivity index (χ0v) is 18.8. The molecule has 3 heterocycles. The molecule has 1 saturated heterocycles. The molecule has 0 bridgehead atoms. The van der Waals surface area contributed by atoms with Gasteiger partial charge in [0.1, 0.15) is 30.2 Å². The lowest BCUT2D eigenvalue weighted by Gasteiger charge is -2.38. The zero-order valence-electron chi connectivity index (χ0n) is 18.8. The van der Waals surface area contributed by atoms with Gasteiger partial charge in [0.15, 0.2) is 5.96 Å². The molecule has 32 heavy (non-hydrogen) atoms. The number of anilines is 1. The number of piperazine rings is 1. The van der Waals surface area contributed by atoms with E-state index in [2.05, 4.69) is 48.9 Å². The van der Waals surface area contributed by atoms with Crippen LogP contribution in [0, 0.1) is 0 Å². The second-order valence-corrected chi connectivity index (χ2v) is 7.59. The maximum absolute atomic E-state index is 5.55. The minimum atomic E-state index is 0.509. The Balaban J connectivity index is 1.40. The normalized spacial score (nSPS) is 14.6. The van der Waals surface area contributed by atoms with Gasteiger partial charge in [-0.2, -0.15) is 0 Å². The Labute approximate surface area is 188 Å². The van der Waals surface area contributed by atoms with Crippen LogP contribution >= 0.6 is 0 Å². The number of nitrogens with one attached hydrogen (secondary N) is 1. The van der Waals surface area contributed by atoms with Gasteiger partial charge in [-0.3, -0.25) is 0 Å². The van der Waals surface area contributed by atoms with E-state index in [1.54, 1.807) is 19.7 Å². The zero-order chi connectivity index (χ0) is 22.2. The molecular formula is C23H31N7O2. The van der Waals surface area contributed by atoms with Gasteiger partial charge in [-0.05, 0) is 24.3 Å². The quantitative estimate of drug-likeness (QED) is 0.428. The molecular weight excluding hydrogens is 406 g/mol. The number of guanidine groups is 1. The van der Waals surface area contributed by atoms with Gasteiger partial charge in [0.05, 0.1) is 19.1 Å². The van der Waals surface area contributed by atoms with Crippen molar-refractivity contribution in [2.24, 2.45) is 4.99 Å². The van der Waals surface area contributed by atoms with Crippen molar-refractivity contribution in [3.8, 4) is 5.75 Å². The first-order valence-corrected chi connectivity index (χ1v) is 11.1. The Hall–Kier alpha value is -3.49. The van der Waals surface area contributed by atoms with Crippen LogP contribution in [0.15, 0.2) is 58.4 Å². The summed E-state index contributed by atoms with van der Waals surface area (Å²) in [4.78, 5) is 9.51. The van der Waals surface area contributed by atoms with Crippen molar-refractivity contribution >= 4 is 11.6 Å². The summed E-state index contributed by atoms with van der Waals surface area (Å²) in [5, 5.41) is 11.7. The molecule has 3 aromatic rings. The number of hydrogen-bond acceptors (Lipinski definition) is 6. The van der Waals surface area contributed by atoms with Gasteiger partial charge >= 0.3 is 0 Å². The summed E-state index contributed by atoms with van der Waals surface area (Å²) in [5.41, 5.74) is 1.14. The number of aryl methyl sites for hydroxylation is 1. The van der Waals surface area contributed by atoms with E-state index in [9.17, 15) is 0 Å². The fourth-order valence-corrected chi connectivity index (χ4v) is 3.90. The van der Waals surface area contributed by atoms with Crippen LogP contribution in [0.1, 0.15) is 18.5 Å². The smallest absolute Gasteiger partial charge is 0.194 e. The summed E-state index contributed by atoms with van der Waals surface area (Å²) in [6, 6.07) is 12.0. The highest BCUT2D eigenvalue weighted by atomic mass is 16.5. The van der Waals surface area contributed by atoms with E-state index in [0.717, 1.165) is 74.7 Å². The van der Waals surface area contributed by atoms with E-state index in [-0.39, 0.29) is 0 Å². The average molecular weight is 438 g/mol. The lowest BCUT2D eigenvalue weighted by molar-refractivity contribution is 0.364. The number of ether oxygens (including phenoxy) is 1. The van der Waals surface area contributed by atoms with Crippen LogP contribution in [0.5, 0.6) is 5.75 Å². The molecule has 9 nitrogen and oxygen atoms in total. The molecule has 0 spiro atoms. The minimum absolute atomic E-state index is 0.509. The van der Waals surface area contributed by atoms with Gasteiger partial charge in [0, 0.05) is 45.7 Å². The number of hydrogen-bond donors (Lipinski definition) is 1. The molecule has 0 unspecified atom stereocenters. The summed E-state index contributed by atoms with van der Waals surface area (Å²) in [5.74, 6) is 3.65. The van der Waals surface area contributed by atoms with E-state index in [1.165, 1.54) is 0 Å². The first-order valence-electron chi connectivity index (χ1n) is 11.1. The highest BCUT2D eigenvalue weighted by Gasteiger charge is 2.22. The molecule has 0 radical (unpaired) electrons. The van der Waals surface area contributed by atoms with E-state index in [0.29, 0.717) is 6.54 Å².